The third-order valence-corrected chi connectivity index (χ3v) is 19.2. The molecule has 0 atom stereocenters. The van der Waals surface area contributed by atoms with Crippen molar-refractivity contribution in [1.29, 1.82) is 0 Å². The normalized spacial score (nSPS) is 29.4. The Morgan fingerprint density at radius 2 is 0.803 bits per heavy atom. The van der Waals surface area contributed by atoms with Crippen molar-refractivity contribution in [2.24, 2.45) is 35.5 Å². The SMILES string of the molecule is c1ccc(N2c3ccccc3B3c4cc(-n5c6ccc(C78CC9CC(CC(C9)C7)C8)cc6c6cc(C78CC9CC(CC(C9)C7)C8)ccc65)ccc4N(c4ccccc4)c4cccc2c43)cc1. The predicted molar refractivity (Wildman–Crippen MR) is 275 cm³/mol. The van der Waals surface area contributed by atoms with Crippen LogP contribution in [0.15, 0.2) is 158 Å². The van der Waals surface area contributed by atoms with Gasteiger partial charge in [0.25, 0.3) is 6.71 Å². The van der Waals surface area contributed by atoms with E-state index in [1.807, 2.05) is 0 Å². The zero-order valence-electron chi connectivity index (χ0n) is 37.9. The highest BCUT2D eigenvalue weighted by molar-refractivity contribution is 7.00. The standard InChI is InChI=1S/C62H56BN3/c1-3-10-47(11-4-1)64-56-15-8-7-14-52(56)63-53-32-49(20-23-57(53)65(48-12-5-2-6-13-48)59-17-9-16-58(64)60(59)63)66-54-21-18-45(61-33-39-24-40(34-61)26-41(25-39)35-61)30-50(54)51-31-46(19-22-55(51)66)62-36-42-27-43(37-62)29-44(28-42)38-62/h1-23,30-32,39-44H,24-29,33-38H2. The summed E-state index contributed by atoms with van der Waals surface area (Å²) in [5, 5.41) is 2.95. The predicted octanol–water partition coefficient (Wildman–Crippen LogP) is 13.8. The fourth-order valence-electron chi connectivity index (χ4n) is 17.6. The van der Waals surface area contributed by atoms with Crippen molar-refractivity contribution in [3.8, 4) is 5.69 Å². The van der Waals surface area contributed by atoms with Crippen molar-refractivity contribution in [3.63, 3.8) is 0 Å². The van der Waals surface area contributed by atoms with Crippen LogP contribution >= 0.6 is 0 Å². The Morgan fingerprint density at radius 3 is 1.30 bits per heavy atom. The summed E-state index contributed by atoms with van der Waals surface area (Å²) < 4.78 is 2.66. The van der Waals surface area contributed by atoms with Gasteiger partial charge in [0.05, 0.1) is 11.0 Å². The van der Waals surface area contributed by atoms with Gasteiger partial charge in [-0.25, -0.2) is 0 Å². The second kappa shape index (κ2) is 13.3. The van der Waals surface area contributed by atoms with Gasteiger partial charge in [-0.05, 0) is 236 Å². The lowest BCUT2D eigenvalue weighted by Gasteiger charge is -2.57. The van der Waals surface area contributed by atoms with Crippen LogP contribution in [0.4, 0.5) is 34.1 Å². The summed E-state index contributed by atoms with van der Waals surface area (Å²) in [5.74, 6) is 5.57. The summed E-state index contributed by atoms with van der Waals surface area (Å²) in [6.45, 7) is 0.0701. The lowest BCUT2D eigenvalue weighted by molar-refractivity contribution is -0.00528. The van der Waals surface area contributed by atoms with E-state index in [2.05, 4.69) is 172 Å². The highest BCUT2D eigenvalue weighted by Gasteiger charge is 2.53. The van der Waals surface area contributed by atoms with Crippen LogP contribution in [0.2, 0.25) is 0 Å². The minimum Gasteiger partial charge on any atom is -0.311 e. The van der Waals surface area contributed by atoms with Crippen LogP contribution in [0.1, 0.15) is 88.2 Å². The highest BCUT2D eigenvalue weighted by Crippen LogP contribution is 2.63. The molecule has 0 saturated heterocycles. The molecule has 66 heavy (non-hydrogen) atoms. The van der Waals surface area contributed by atoms with Gasteiger partial charge in [-0.15, -0.1) is 0 Å². The highest BCUT2D eigenvalue weighted by atomic mass is 15.2. The lowest BCUT2D eigenvalue weighted by atomic mass is 9.33. The molecular weight excluding hydrogens is 798 g/mol. The Balaban J connectivity index is 0.925. The smallest absolute Gasteiger partial charge is 0.252 e. The third kappa shape index (κ3) is 5.11. The van der Waals surface area contributed by atoms with Crippen molar-refractivity contribution in [2.45, 2.75) is 87.9 Å². The molecule has 10 aliphatic rings. The largest absolute Gasteiger partial charge is 0.311 e. The van der Waals surface area contributed by atoms with E-state index >= 15 is 0 Å². The Bertz CT molecular complexity index is 3120. The third-order valence-electron chi connectivity index (χ3n) is 19.2. The molecule has 0 unspecified atom stereocenters. The second-order valence-corrected chi connectivity index (χ2v) is 23.0. The minimum atomic E-state index is 0.0701. The van der Waals surface area contributed by atoms with E-state index in [0.717, 1.165) is 35.5 Å². The molecule has 2 aliphatic heterocycles. The van der Waals surface area contributed by atoms with E-state index in [0.29, 0.717) is 10.8 Å². The van der Waals surface area contributed by atoms with Crippen LogP contribution in [0.25, 0.3) is 27.5 Å². The molecule has 8 fully saturated rings. The Kier molecular flexibility index (Phi) is 7.50. The molecule has 3 nitrogen and oxygen atoms in total. The van der Waals surface area contributed by atoms with Gasteiger partial charge in [-0.2, -0.15) is 0 Å². The van der Waals surface area contributed by atoms with Crippen LogP contribution in [0.5, 0.6) is 0 Å². The molecule has 0 spiro atoms. The van der Waals surface area contributed by atoms with Crippen LogP contribution in [-0.2, 0) is 10.8 Å². The first-order valence-corrected chi connectivity index (χ1v) is 25.7. The number of aromatic nitrogens is 1. The fourth-order valence-corrected chi connectivity index (χ4v) is 17.6. The number of fused-ring (bicyclic) bond motifs is 7. The van der Waals surface area contributed by atoms with Crippen molar-refractivity contribution < 1.29 is 0 Å². The maximum Gasteiger partial charge on any atom is 0.252 e. The molecule has 322 valence electrons. The molecule has 0 radical (unpaired) electrons. The zero-order chi connectivity index (χ0) is 42.9. The van der Waals surface area contributed by atoms with E-state index in [4.69, 9.17) is 0 Å². The van der Waals surface area contributed by atoms with Gasteiger partial charge < -0.3 is 14.4 Å². The average Bonchev–Trinajstić information content (AvgIpc) is 3.67. The Morgan fingerprint density at radius 1 is 0.364 bits per heavy atom. The molecule has 0 amide bonds. The van der Waals surface area contributed by atoms with E-state index < -0.39 is 0 Å². The van der Waals surface area contributed by atoms with Crippen molar-refractivity contribution >= 4 is 79.0 Å². The average molecular weight is 854 g/mol. The maximum atomic E-state index is 2.73. The molecule has 0 N–H and O–H groups in total. The number of rotatable bonds is 5. The number of hydrogen-bond acceptors (Lipinski definition) is 2. The molecule has 8 saturated carbocycles. The van der Waals surface area contributed by atoms with Crippen LogP contribution in [0.3, 0.4) is 0 Å². The molecule has 8 aliphatic carbocycles. The van der Waals surface area contributed by atoms with E-state index in [-0.39, 0.29) is 6.71 Å². The fraction of sp³-hybridized carbons (Fsp3) is 0.323. The monoisotopic (exact) mass is 853 g/mol. The molecule has 7 aromatic carbocycles. The summed E-state index contributed by atoms with van der Waals surface area (Å²) in [7, 11) is 0. The summed E-state index contributed by atoms with van der Waals surface area (Å²) in [5.41, 5.74) is 19.5. The molecule has 4 heteroatoms. The van der Waals surface area contributed by atoms with Gasteiger partial charge >= 0.3 is 0 Å². The number of nitrogens with zero attached hydrogens (tertiary/aromatic N) is 3. The summed E-state index contributed by atoms with van der Waals surface area (Å²) in [6.07, 6.45) is 17.3. The van der Waals surface area contributed by atoms with Crippen LogP contribution in [0, 0.1) is 35.5 Å². The van der Waals surface area contributed by atoms with Crippen LogP contribution in [-0.4, -0.2) is 11.3 Å². The maximum absolute atomic E-state index is 2.73. The Hall–Kier alpha value is -6.00. The van der Waals surface area contributed by atoms with E-state index in [9.17, 15) is 0 Å². The molecule has 8 bridgehead atoms. The van der Waals surface area contributed by atoms with Gasteiger partial charge in [0.15, 0.2) is 0 Å². The van der Waals surface area contributed by atoms with Gasteiger partial charge in [0.1, 0.15) is 0 Å². The van der Waals surface area contributed by atoms with Crippen molar-refractivity contribution in [2.75, 3.05) is 9.80 Å². The van der Waals surface area contributed by atoms with E-state index in [1.54, 1.807) is 11.1 Å². The van der Waals surface area contributed by atoms with Gasteiger partial charge in [0, 0.05) is 50.6 Å². The molecule has 18 rings (SSSR count). The Labute approximate surface area is 389 Å². The number of hydrogen-bond donors (Lipinski definition) is 0. The van der Waals surface area contributed by atoms with Gasteiger partial charge in [-0.1, -0.05) is 72.8 Å². The number of anilines is 6. The first-order chi connectivity index (χ1) is 32.5. The first-order valence-electron chi connectivity index (χ1n) is 25.7. The minimum absolute atomic E-state index is 0.0701. The van der Waals surface area contributed by atoms with Gasteiger partial charge in [-0.3, -0.25) is 0 Å². The van der Waals surface area contributed by atoms with Crippen molar-refractivity contribution in [3.05, 3.63) is 169 Å². The van der Waals surface area contributed by atoms with Crippen LogP contribution < -0.4 is 26.2 Å². The van der Waals surface area contributed by atoms with Gasteiger partial charge in [0.2, 0.25) is 0 Å². The first kappa shape index (κ1) is 37.1. The quantitative estimate of drug-likeness (QED) is 0.160. The van der Waals surface area contributed by atoms with E-state index in [1.165, 1.54) is 155 Å². The summed E-state index contributed by atoms with van der Waals surface area (Å²) >= 11 is 0. The molecule has 3 heterocycles. The molecule has 1 aromatic heterocycles. The summed E-state index contributed by atoms with van der Waals surface area (Å²) in [4.78, 5) is 5.03. The molecular formula is C62H56BN3. The number of para-hydroxylation sites is 3. The topological polar surface area (TPSA) is 11.4 Å². The number of benzene rings is 7. The summed E-state index contributed by atoms with van der Waals surface area (Å²) in [6, 6.07) is 61.4. The van der Waals surface area contributed by atoms with Crippen molar-refractivity contribution in [1.82, 2.24) is 4.57 Å². The molecule has 8 aromatic rings. The lowest BCUT2D eigenvalue weighted by Crippen LogP contribution is -2.61. The second-order valence-electron chi connectivity index (χ2n) is 23.0. The zero-order valence-corrected chi connectivity index (χ0v) is 37.9.